The first kappa shape index (κ1) is 11.8. The number of nitrogens with zero attached hydrogens (tertiary/aromatic N) is 1. The fourth-order valence-corrected chi connectivity index (χ4v) is 3.01. The molecule has 0 amide bonds. The van der Waals surface area contributed by atoms with Crippen molar-refractivity contribution in [1.29, 1.82) is 0 Å². The van der Waals surface area contributed by atoms with Gasteiger partial charge >= 0.3 is 0 Å². The van der Waals surface area contributed by atoms with E-state index in [-0.39, 0.29) is 0 Å². The molecular formula is C13H20N2S. The van der Waals surface area contributed by atoms with Crippen LogP contribution in [0.2, 0.25) is 0 Å². The summed E-state index contributed by atoms with van der Waals surface area (Å²) < 4.78 is 0. The summed E-state index contributed by atoms with van der Waals surface area (Å²) in [4.78, 5) is 5.89. The number of hydrogen-bond acceptors (Lipinski definition) is 3. The topological polar surface area (TPSA) is 24.9 Å². The van der Waals surface area contributed by atoms with E-state index >= 15 is 0 Å². The second kappa shape index (κ2) is 5.60. The number of allylic oxidation sites excluding steroid dienone is 2. The normalized spacial score (nSPS) is 20.2. The van der Waals surface area contributed by atoms with E-state index in [0.29, 0.717) is 0 Å². The molecule has 0 aliphatic heterocycles. The highest BCUT2D eigenvalue weighted by molar-refractivity contribution is 7.11. The van der Waals surface area contributed by atoms with Crippen molar-refractivity contribution in [2.75, 3.05) is 6.54 Å². The molecule has 1 aliphatic carbocycles. The standard InChI is InChI=1S/C13H20N2S/c1-10-13(15-11(2)16-10)9-14-8-12-6-4-3-5-7-12/h3-4,12,14H,5-9H2,1-2H3. The van der Waals surface area contributed by atoms with Crippen molar-refractivity contribution < 1.29 is 0 Å². The van der Waals surface area contributed by atoms with Crippen LogP contribution in [0.4, 0.5) is 0 Å². The van der Waals surface area contributed by atoms with Crippen LogP contribution in [0.15, 0.2) is 12.2 Å². The summed E-state index contributed by atoms with van der Waals surface area (Å²) in [6, 6.07) is 0. The second-order valence-corrected chi connectivity index (χ2v) is 5.92. The van der Waals surface area contributed by atoms with Crippen molar-refractivity contribution in [2.24, 2.45) is 5.92 Å². The average Bonchev–Trinajstić information content (AvgIpc) is 2.59. The molecule has 88 valence electrons. The minimum absolute atomic E-state index is 0.824. The van der Waals surface area contributed by atoms with E-state index in [1.54, 1.807) is 11.3 Å². The maximum Gasteiger partial charge on any atom is 0.0900 e. The van der Waals surface area contributed by atoms with Crippen molar-refractivity contribution in [3.05, 3.63) is 27.7 Å². The maximum absolute atomic E-state index is 4.53. The lowest BCUT2D eigenvalue weighted by Gasteiger charge is -2.17. The van der Waals surface area contributed by atoms with Crippen LogP contribution in [0, 0.1) is 19.8 Å². The Morgan fingerprint density at radius 3 is 2.94 bits per heavy atom. The molecule has 1 N–H and O–H groups in total. The van der Waals surface area contributed by atoms with Crippen LogP contribution in [0.25, 0.3) is 0 Å². The van der Waals surface area contributed by atoms with Gasteiger partial charge in [-0.15, -0.1) is 11.3 Å². The number of thiazole rings is 1. The Morgan fingerprint density at radius 1 is 1.44 bits per heavy atom. The Balaban J connectivity index is 1.75. The summed E-state index contributed by atoms with van der Waals surface area (Å²) in [5, 5.41) is 4.71. The highest BCUT2D eigenvalue weighted by Gasteiger charge is 2.10. The zero-order chi connectivity index (χ0) is 11.4. The van der Waals surface area contributed by atoms with Gasteiger partial charge in [-0.25, -0.2) is 4.98 Å². The molecule has 1 heterocycles. The minimum atomic E-state index is 0.824. The summed E-state index contributed by atoms with van der Waals surface area (Å²) in [5.74, 6) is 0.824. The molecule has 16 heavy (non-hydrogen) atoms. The fraction of sp³-hybridized carbons (Fsp3) is 0.615. The third-order valence-electron chi connectivity index (χ3n) is 3.10. The lowest BCUT2D eigenvalue weighted by molar-refractivity contribution is 0.439. The van der Waals surface area contributed by atoms with Crippen molar-refractivity contribution in [1.82, 2.24) is 10.3 Å². The van der Waals surface area contributed by atoms with Gasteiger partial charge in [0.05, 0.1) is 10.7 Å². The molecule has 0 bridgehead atoms. The first-order chi connectivity index (χ1) is 7.75. The Morgan fingerprint density at radius 2 is 2.31 bits per heavy atom. The summed E-state index contributed by atoms with van der Waals surface area (Å²) in [5.41, 5.74) is 1.23. The van der Waals surface area contributed by atoms with Crippen LogP contribution in [-0.4, -0.2) is 11.5 Å². The average molecular weight is 236 g/mol. The first-order valence-corrected chi connectivity index (χ1v) is 6.86. The lowest BCUT2D eigenvalue weighted by atomic mass is 9.94. The molecule has 1 aliphatic rings. The van der Waals surface area contributed by atoms with E-state index in [9.17, 15) is 0 Å². The van der Waals surface area contributed by atoms with Gasteiger partial charge in [-0.05, 0) is 45.6 Å². The van der Waals surface area contributed by atoms with Gasteiger partial charge in [0.15, 0.2) is 0 Å². The minimum Gasteiger partial charge on any atom is -0.311 e. The van der Waals surface area contributed by atoms with E-state index in [2.05, 4.69) is 36.3 Å². The van der Waals surface area contributed by atoms with E-state index in [4.69, 9.17) is 0 Å². The molecule has 1 unspecified atom stereocenters. The van der Waals surface area contributed by atoms with Crippen LogP contribution >= 0.6 is 11.3 Å². The molecule has 0 fully saturated rings. The van der Waals surface area contributed by atoms with Crippen molar-refractivity contribution in [3.63, 3.8) is 0 Å². The number of hydrogen-bond donors (Lipinski definition) is 1. The summed E-state index contributed by atoms with van der Waals surface area (Å²) in [6.07, 6.45) is 8.43. The largest absolute Gasteiger partial charge is 0.311 e. The molecule has 1 aromatic heterocycles. The molecule has 0 aromatic carbocycles. The zero-order valence-corrected chi connectivity index (χ0v) is 10.9. The SMILES string of the molecule is Cc1nc(CNCC2CC=CCC2)c(C)s1. The van der Waals surface area contributed by atoms with Gasteiger partial charge in [-0.3, -0.25) is 0 Å². The highest BCUT2D eigenvalue weighted by atomic mass is 32.1. The van der Waals surface area contributed by atoms with Gasteiger partial charge in [-0.1, -0.05) is 12.2 Å². The Bertz CT molecular complexity index is 368. The second-order valence-electron chi connectivity index (χ2n) is 4.52. The van der Waals surface area contributed by atoms with E-state index in [0.717, 1.165) is 19.0 Å². The molecular weight excluding hydrogens is 216 g/mol. The van der Waals surface area contributed by atoms with Gasteiger partial charge in [0, 0.05) is 11.4 Å². The van der Waals surface area contributed by atoms with Crippen molar-refractivity contribution in [2.45, 2.75) is 39.7 Å². The Kier molecular flexibility index (Phi) is 4.13. The van der Waals surface area contributed by atoms with Crippen molar-refractivity contribution in [3.8, 4) is 0 Å². The Labute approximate surface area is 102 Å². The van der Waals surface area contributed by atoms with E-state index < -0.39 is 0 Å². The van der Waals surface area contributed by atoms with Crippen LogP contribution in [0.5, 0.6) is 0 Å². The number of nitrogens with one attached hydrogen (secondary N) is 1. The van der Waals surface area contributed by atoms with Crippen LogP contribution < -0.4 is 5.32 Å². The van der Waals surface area contributed by atoms with Gasteiger partial charge in [-0.2, -0.15) is 0 Å². The highest BCUT2D eigenvalue weighted by Crippen LogP contribution is 2.18. The van der Waals surface area contributed by atoms with Crippen LogP contribution in [-0.2, 0) is 6.54 Å². The third-order valence-corrected chi connectivity index (χ3v) is 4.03. The predicted octanol–water partition coefficient (Wildman–Crippen LogP) is 3.21. The maximum atomic E-state index is 4.53. The molecule has 0 spiro atoms. The molecule has 3 heteroatoms. The number of rotatable bonds is 4. The van der Waals surface area contributed by atoms with Crippen LogP contribution in [0.3, 0.4) is 0 Å². The van der Waals surface area contributed by atoms with Gasteiger partial charge < -0.3 is 5.32 Å². The van der Waals surface area contributed by atoms with Crippen molar-refractivity contribution >= 4 is 11.3 Å². The molecule has 1 aromatic rings. The molecule has 0 saturated carbocycles. The number of aryl methyl sites for hydroxylation is 2. The van der Waals surface area contributed by atoms with Gasteiger partial charge in [0.25, 0.3) is 0 Å². The molecule has 1 atom stereocenters. The third kappa shape index (κ3) is 3.16. The predicted molar refractivity (Wildman–Crippen MR) is 69.8 cm³/mol. The molecule has 0 radical (unpaired) electrons. The number of aromatic nitrogens is 1. The van der Waals surface area contributed by atoms with Crippen LogP contribution in [0.1, 0.15) is 34.8 Å². The quantitative estimate of drug-likeness (QED) is 0.812. The first-order valence-electron chi connectivity index (χ1n) is 6.04. The zero-order valence-electron chi connectivity index (χ0n) is 10.1. The summed E-state index contributed by atoms with van der Waals surface area (Å²) in [6.45, 7) is 6.29. The van der Waals surface area contributed by atoms with Gasteiger partial charge in [0.1, 0.15) is 0 Å². The lowest BCUT2D eigenvalue weighted by Crippen LogP contribution is -2.23. The monoisotopic (exact) mass is 236 g/mol. The van der Waals surface area contributed by atoms with Gasteiger partial charge in [0.2, 0.25) is 0 Å². The van der Waals surface area contributed by atoms with E-state index in [1.165, 1.54) is 34.8 Å². The Hall–Kier alpha value is -0.670. The molecule has 2 rings (SSSR count). The van der Waals surface area contributed by atoms with E-state index in [1.807, 2.05) is 0 Å². The summed E-state index contributed by atoms with van der Waals surface area (Å²) in [7, 11) is 0. The smallest absolute Gasteiger partial charge is 0.0900 e. The molecule has 2 nitrogen and oxygen atoms in total. The summed E-state index contributed by atoms with van der Waals surface area (Å²) >= 11 is 1.79. The fourth-order valence-electron chi connectivity index (χ4n) is 2.17. The molecule has 0 saturated heterocycles.